The Morgan fingerprint density at radius 3 is 2.79 bits per heavy atom. The summed E-state index contributed by atoms with van der Waals surface area (Å²) in [5, 5.41) is 1.03. The van der Waals surface area contributed by atoms with Crippen LogP contribution in [0.2, 0.25) is 0 Å². The molecule has 0 saturated heterocycles. The van der Waals surface area contributed by atoms with E-state index in [0.717, 1.165) is 16.7 Å². The van der Waals surface area contributed by atoms with Crippen LogP contribution in [0.1, 0.15) is 6.92 Å². The number of aromatic nitrogens is 1. The Morgan fingerprint density at radius 1 is 1.32 bits per heavy atom. The second-order valence-corrected chi connectivity index (χ2v) is 3.87. The summed E-state index contributed by atoms with van der Waals surface area (Å²) >= 11 is 0. The highest BCUT2D eigenvalue weighted by Gasteiger charge is 2.14. The number of rotatable bonds is 4. The molecule has 1 heterocycles. The number of pyridine rings is 1. The summed E-state index contributed by atoms with van der Waals surface area (Å²) in [5.41, 5.74) is 0.978. The highest BCUT2D eigenvalue weighted by Crippen LogP contribution is 2.17. The lowest BCUT2D eigenvalue weighted by atomic mass is 10.2. The van der Waals surface area contributed by atoms with E-state index in [0.29, 0.717) is 6.61 Å². The zero-order chi connectivity index (χ0) is 13.0. The molecule has 0 saturated carbocycles. The number of hydrogen-bond acceptors (Lipinski definition) is 3. The SMILES string of the molecule is CCOC(=O)C[n+]1cccc2cc(OC)ccc21.[Br-]. The highest BCUT2D eigenvalue weighted by atomic mass is 79.9. The third-order valence-electron chi connectivity index (χ3n) is 2.69. The number of carbonyl (C=O) groups excluding carboxylic acids is 1. The average molecular weight is 326 g/mol. The van der Waals surface area contributed by atoms with E-state index >= 15 is 0 Å². The molecular formula is C14H16BrNO3. The van der Waals surface area contributed by atoms with Gasteiger partial charge in [0.25, 0.3) is 0 Å². The van der Waals surface area contributed by atoms with Gasteiger partial charge in [-0.1, -0.05) is 0 Å². The van der Waals surface area contributed by atoms with Crippen LogP contribution in [0.3, 0.4) is 0 Å². The van der Waals surface area contributed by atoms with Gasteiger partial charge in [0.2, 0.25) is 12.1 Å². The first-order valence-electron chi connectivity index (χ1n) is 5.86. The molecule has 0 spiro atoms. The summed E-state index contributed by atoms with van der Waals surface area (Å²) < 4.78 is 12.0. The van der Waals surface area contributed by atoms with E-state index in [9.17, 15) is 4.79 Å². The number of esters is 1. The Labute approximate surface area is 122 Å². The number of carbonyl (C=O) groups is 1. The van der Waals surface area contributed by atoms with Crippen molar-refractivity contribution < 1.29 is 35.8 Å². The van der Waals surface area contributed by atoms with E-state index in [4.69, 9.17) is 9.47 Å². The number of halogens is 1. The summed E-state index contributed by atoms with van der Waals surface area (Å²) in [6.45, 7) is 2.42. The van der Waals surface area contributed by atoms with Gasteiger partial charge in [-0.05, 0) is 25.1 Å². The van der Waals surface area contributed by atoms with E-state index in [2.05, 4.69) is 0 Å². The van der Waals surface area contributed by atoms with Crippen LogP contribution in [-0.2, 0) is 16.1 Å². The summed E-state index contributed by atoms with van der Waals surface area (Å²) in [5.74, 6) is 0.571. The fraction of sp³-hybridized carbons (Fsp3) is 0.286. The quantitative estimate of drug-likeness (QED) is 0.518. The Bertz CT molecular complexity index is 572. The van der Waals surface area contributed by atoms with Crippen LogP contribution >= 0.6 is 0 Å². The van der Waals surface area contributed by atoms with Crippen LogP contribution in [-0.4, -0.2) is 19.7 Å². The van der Waals surface area contributed by atoms with Gasteiger partial charge >= 0.3 is 5.97 Å². The zero-order valence-electron chi connectivity index (χ0n) is 10.9. The summed E-state index contributed by atoms with van der Waals surface area (Å²) in [6, 6.07) is 9.65. The first-order chi connectivity index (χ1) is 8.74. The molecule has 0 atom stereocenters. The van der Waals surface area contributed by atoms with Crippen molar-refractivity contribution in [2.45, 2.75) is 13.5 Å². The first-order valence-corrected chi connectivity index (χ1v) is 5.86. The normalized spacial score (nSPS) is 9.79. The minimum absolute atomic E-state index is 0. The van der Waals surface area contributed by atoms with Crippen LogP contribution < -0.4 is 26.3 Å². The van der Waals surface area contributed by atoms with Crippen LogP contribution in [0, 0.1) is 0 Å². The predicted octanol–water partition coefficient (Wildman–Crippen LogP) is -1.30. The van der Waals surface area contributed by atoms with Crippen LogP contribution in [0.5, 0.6) is 5.75 Å². The number of benzene rings is 1. The third kappa shape index (κ3) is 3.67. The molecule has 102 valence electrons. The van der Waals surface area contributed by atoms with Gasteiger partial charge in [-0.3, -0.25) is 0 Å². The minimum Gasteiger partial charge on any atom is -1.00 e. The van der Waals surface area contributed by atoms with Gasteiger partial charge in [-0.2, -0.15) is 4.57 Å². The van der Waals surface area contributed by atoms with Gasteiger partial charge in [0.1, 0.15) is 5.75 Å². The van der Waals surface area contributed by atoms with Crippen LogP contribution in [0.15, 0.2) is 36.5 Å². The van der Waals surface area contributed by atoms with Gasteiger partial charge in [0, 0.05) is 12.1 Å². The number of nitrogens with zero attached hydrogens (tertiary/aromatic N) is 1. The molecule has 2 rings (SSSR count). The van der Waals surface area contributed by atoms with Crippen LogP contribution in [0.4, 0.5) is 0 Å². The lowest BCUT2D eigenvalue weighted by Crippen LogP contribution is -3.00. The molecule has 5 heteroatoms. The number of hydrogen-bond donors (Lipinski definition) is 0. The maximum atomic E-state index is 11.5. The summed E-state index contributed by atoms with van der Waals surface area (Å²) in [6.07, 6.45) is 1.87. The molecular weight excluding hydrogens is 310 g/mol. The molecule has 0 aliphatic rings. The molecule has 1 aromatic carbocycles. The molecule has 0 aliphatic heterocycles. The Morgan fingerprint density at radius 2 is 2.11 bits per heavy atom. The van der Waals surface area contributed by atoms with Crippen molar-refractivity contribution in [3.05, 3.63) is 36.5 Å². The summed E-state index contributed by atoms with van der Waals surface area (Å²) in [7, 11) is 1.64. The average Bonchev–Trinajstić information content (AvgIpc) is 2.38. The Hall–Kier alpha value is -1.62. The van der Waals surface area contributed by atoms with Crippen molar-refractivity contribution in [1.29, 1.82) is 0 Å². The van der Waals surface area contributed by atoms with Crippen LogP contribution in [0.25, 0.3) is 10.9 Å². The van der Waals surface area contributed by atoms with Crippen molar-refractivity contribution in [3.63, 3.8) is 0 Å². The second-order valence-electron chi connectivity index (χ2n) is 3.87. The largest absolute Gasteiger partial charge is 1.00 e. The molecule has 0 fully saturated rings. The second kappa shape index (κ2) is 7.09. The van der Waals surface area contributed by atoms with Crippen molar-refractivity contribution >= 4 is 16.9 Å². The lowest BCUT2D eigenvalue weighted by Gasteiger charge is -2.03. The standard InChI is InChI=1S/C14H16NO3.BrH/c1-3-18-14(16)10-15-8-4-5-11-9-12(17-2)6-7-13(11)15;/h4-9H,3,10H2,1-2H3;1H/q+1;/p-1. The van der Waals surface area contributed by atoms with Gasteiger partial charge in [-0.15, -0.1) is 0 Å². The van der Waals surface area contributed by atoms with Gasteiger partial charge in [0.05, 0.1) is 19.1 Å². The summed E-state index contributed by atoms with van der Waals surface area (Å²) in [4.78, 5) is 11.5. The maximum Gasteiger partial charge on any atom is 0.372 e. The van der Waals surface area contributed by atoms with E-state index in [-0.39, 0.29) is 29.5 Å². The number of ether oxygens (including phenoxy) is 2. The van der Waals surface area contributed by atoms with Crippen molar-refractivity contribution in [1.82, 2.24) is 0 Å². The Kier molecular flexibility index (Phi) is 5.76. The monoisotopic (exact) mass is 325 g/mol. The molecule has 0 radical (unpaired) electrons. The minimum atomic E-state index is -0.231. The lowest BCUT2D eigenvalue weighted by molar-refractivity contribution is -0.660. The van der Waals surface area contributed by atoms with Gasteiger partial charge in [0.15, 0.2) is 6.20 Å². The number of methoxy groups -OCH3 is 1. The fourth-order valence-electron chi connectivity index (χ4n) is 1.87. The van der Waals surface area contributed by atoms with Crippen molar-refractivity contribution in [3.8, 4) is 5.75 Å². The van der Waals surface area contributed by atoms with E-state index in [1.807, 2.05) is 41.1 Å². The number of fused-ring (bicyclic) bond motifs is 1. The molecule has 4 nitrogen and oxygen atoms in total. The molecule has 0 amide bonds. The molecule has 0 N–H and O–H groups in total. The van der Waals surface area contributed by atoms with Crippen molar-refractivity contribution in [2.24, 2.45) is 0 Å². The maximum absolute atomic E-state index is 11.5. The first kappa shape index (κ1) is 15.4. The van der Waals surface area contributed by atoms with E-state index in [1.54, 1.807) is 14.0 Å². The fourth-order valence-corrected chi connectivity index (χ4v) is 1.87. The molecule has 0 bridgehead atoms. The van der Waals surface area contributed by atoms with E-state index in [1.165, 1.54) is 0 Å². The zero-order valence-corrected chi connectivity index (χ0v) is 12.5. The van der Waals surface area contributed by atoms with E-state index < -0.39 is 0 Å². The molecule has 1 aromatic heterocycles. The third-order valence-corrected chi connectivity index (χ3v) is 2.69. The molecule has 19 heavy (non-hydrogen) atoms. The van der Waals surface area contributed by atoms with Gasteiger partial charge < -0.3 is 26.5 Å². The van der Waals surface area contributed by atoms with Crippen molar-refractivity contribution in [2.75, 3.05) is 13.7 Å². The highest BCUT2D eigenvalue weighted by molar-refractivity contribution is 5.77. The molecule has 0 aliphatic carbocycles. The smallest absolute Gasteiger partial charge is 0.372 e. The molecule has 2 aromatic rings. The molecule has 0 unspecified atom stereocenters. The Balaban J connectivity index is 0.00000180. The predicted molar refractivity (Wildman–Crippen MR) is 67.3 cm³/mol. The van der Waals surface area contributed by atoms with Gasteiger partial charge in [-0.25, -0.2) is 4.79 Å². The topological polar surface area (TPSA) is 39.4 Å².